The van der Waals surface area contributed by atoms with Crippen molar-refractivity contribution in [3.05, 3.63) is 95.7 Å². The quantitative estimate of drug-likeness (QED) is 0.0203. The number of anilines is 1. The van der Waals surface area contributed by atoms with Gasteiger partial charge in [-0.2, -0.15) is 38.2 Å². The molecule has 0 aliphatic carbocycles. The van der Waals surface area contributed by atoms with Gasteiger partial charge < -0.3 is 24.7 Å². The van der Waals surface area contributed by atoms with Gasteiger partial charge in [0.1, 0.15) is 6.54 Å². The molecular weight excluding hydrogens is 1040 g/mol. The normalized spacial score (nSPS) is 19.3. The molecule has 0 radical (unpaired) electrons. The summed E-state index contributed by atoms with van der Waals surface area (Å²) in [6, 6.07) is 11.2. The first-order chi connectivity index (χ1) is 34.2. The average molecular weight is 1110 g/mol. The monoisotopic (exact) mass is 1110 g/mol. The Morgan fingerprint density at radius 1 is 0.730 bits per heavy atom. The average Bonchev–Trinajstić information content (AvgIpc) is 3.83. The van der Waals surface area contributed by atoms with E-state index in [0.717, 1.165) is 32.0 Å². The first kappa shape index (κ1) is 60.0. The van der Waals surface area contributed by atoms with Crippen LogP contribution in [0.1, 0.15) is 117 Å². The first-order valence-corrected chi connectivity index (χ1v) is 30.0. The molecule has 0 spiro atoms. The van der Waals surface area contributed by atoms with Crippen LogP contribution in [0.3, 0.4) is 0 Å². The second-order valence-electron chi connectivity index (χ2n) is 20.3. The highest BCUT2D eigenvalue weighted by Crippen LogP contribution is 2.54. The molecule has 3 heterocycles. The Labute approximate surface area is 435 Å². The van der Waals surface area contributed by atoms with Gasteiger partial charge in [-0.15, -0.1) is 4.73 Å². The van der Waals surface area contributed by atoms with Gasteiger partial charge in [0.15, 0.2) is 5.71 Å². The van der Waals surface area contributed by atoms with Crippen LogP contribution < -0.4 is 9.74 Å². The standard InChI is InChI=1S/C50H69N3O17S4/c1-47(2,3)69-31-29-48(4,5)52-41-24-22-37(74(65,66)68-9)35-39(41)50(7,28-17-33-72(60,61)67-8)43(52)19-13-10-12-18-42-49(6,27-16-32-71(57,58)59)38-34-36(73(62,63)64)21-23-40(38)51(42)30-15-11-14-20-46(56)70-53-44(54)25-26-45(53)55/h10,12-13,18-19,21-26,34-35H,11,14-17,20,27-33H2,1-9H3,(H3-,54,55,57,58,59,62,63,64)/p+1. The topological polar surface area (TPSA) is 283 Å². The fourth-order valence-electron chi connectivity index (χ4n) is 9.52. The Kier molecular flexibility index (Phi) is 18.7. The van der Waals surface area contributed by atoms with Gasteiger partial charge in [-0.05, 0) is 135 Å². The van der Waals surface area contributed by atoms with Crippen molar-refractivity contribution in [2.45, 2.75) is 138 Å². The van der Waals surface area contributed by atoms with Crippen molar-refractivity contribution in [3.8, 4) is 11.8 Å². The van der Waals surface area contributed by atoms with Crippen molar-refractivity contribution in [1.29, 1.82) is 0 Å². The van der Waals surface area contributed by atoms with E-state index in [2.05, 4.69) is 4.90 Å². The van der Waals surface area contributed by atoms with Crippen LogP contribution in [0.2, 0.25) is 0 Å². The third-order valence-corrected chi connectivity index (χ3v) is 17.6. The number of fused-ring (bicyclic) bond motifs is 2. The van der Waals surface area contributed by atoms with Gasteiger partial charge in [0.2, 0.25) is 17.4 Å². The third-order valence-electron chi connectivity index (χ3n) is 13.4. The number of allylic oxidation sites excluding steroid dienone is 6. The molecule has 20 nitrogen and oxygen atoms in total. The van der Waals surface area contributed by atoms with Crippen molar-refractivity contribution in [2.75, 3.05) is 43.8 Å². The Morgan fingerprint density at radius 2 is 1.35 bits per heavy atom. The molecule has 0 bridgehead atoms. The van der Waals surface area contributed by atoms with Crippen LogP contribution >= 0.6 is 0 Å². The lowest BCUT2D eigenvalue weighted by Gasteiger charge is -2.41. The van der Waals surface area contributed by atoms with E-state index in [9.17, 15) is 57.8 Å². The van der Waals surface area contributed by atoms with Gasteiger partial charge in [-0.1, -0.05) is 18.2 Å². The van der Waals surface area contributed by atoms with E-state index in [-0.39, 0.29) is 47.6 Å². The minimum absolute atomic E-state index is 0.0305. The molecule has 2 atom stereocenters. The Morgan fingerprint density at radius 3 is 1.96 bits per heavy atom. The highest BCUT2D eigenvalue weighted by atomic mass is 32.2. The van der Waals surface area contributed by atoms with Crippen LogP contribution in [0.25, 0.3) is 0 Å². The fourth-order valence-corrected chi connectivity index (χ4v) is 11.9. The maximum absolute atomic E-state index is 13.1. The number of aromatic hydroxyl groups is 2. The number of aromatic nitrogens is 1. The van der Waals surface area contributed by atoms with Gasteiger partial charge >= 0.3 is 5.97 Å². The zero-order valence-electron chi connectivity index (χ0n) is 43.3. The van der Waals surface area contributed by atoms with E-state index >= 15 is 0 Å². The van der Waals surface area contributed by atoms with E-state index in [0.29, 0.717) is 71.8 Å². The Bertz CT molecular complexity index is 3130. The molecule has 2 aliphatic heterocycles. The van der Waals surface area contributed by atoms with Crippen molar-refractivity contribution in [2.24, 2.45) is 0 Å². The van der Waals surface area contributed by atoms with Crippen molar-refractivity contribution in [1.82, 2.24) is 4.73 Å². The Hall–Kier alpha value is -4.92. The van der Waals surface area contributed by atoms with Crippen LogP contribution in [0.5, 0.6) is 11.8 Å². The third kappa shape index (κ3) is 14.5. The lowest BCUT2D eigenvalue weighted by Crippen LogP contribution is -2.45. The first-order valence-electron chi connectivity index (χ1n) is 24.0. The van der Waals surface area contributed by atoms with E-state index in [1.165, 1.54) is 18.2 Å². The van der Waals surface area contributed by atoms with E-state index in [4.69, 9.17) is 17.9 Å². The summed E-state index contributed by atoms with van der Waals surface area (Å²) in [4.78, 5) is 19.3. The number of unbranched alkanes of at least 4 members (excludes halogenated alkanes) is 2. The van der Waals surface area contributed by atoms with Gasteiger partial charge in [0.05, 0.1) is 46.5 Å². The molecule has 5 rings (SSSR count). The number of benzene rings is 2. The minimum atomic E-state index is -4.68. The van der Waals surface area contributed by atoms with Crippen molar-refractivity contribution < 1.29 is 80.3 Å². The Balaban J connectivity index is 1.60. The van der Waals surface area contributed by atoms with Gasteiger partial charge in [0.25, 0.3) is 40.5 Å². The fraction of sp³-hybridized carbons (Fsp3) is 0.520. The zero-order chi connectivity index (χ0) is 55.3. The largest absolute Gasteiger partial charge is 0.492 e. The van der Waals surface area contributed by atoms with Gasteiger partial charge in [-0.3, -0.25) is 17.5 Å². The van der Waals surface area contributed by atoms with Crippen LogP contribution in [-0.4, -0.2) is 124 Å². The number of ether oxygens (including phenoxy) is 1. The molecule has 24 heteroatoms. The summed E-state index contributed by atoms with van der Waals surface area (Å²) in [5.74, 6) is -2.51. The van der Waals surface area contributed by atoms with Gasteiger partial charge in [0, 0.05) is 71.6 Å². The predicted molar refractivity (Wildman–Crippen MR) is 278 cm³/mol. The minimum Gasteiger partial charge on any atom is -0.492 e. The molecule has 2 aliphatic rings. The number of hydrogen-bond donors (Lipinski definition) is 4. The second kappa shape index (κ2) is 23.1. The van der Waals surface area contributed by atoms with E-state index < -0.39 is 85.9 Å². The lowest BCUT2D eigenvalue weighted by molar-refractivity contribution is -0.438. The summed E-state index contributed by atoms with van der Waals surface area (Å²) in [5.41, 5.74) is 0.553. The SMILES string of the molecule is COS(=O)(=O)CCCC1(C)C(=CC=CC=CC2=[N+](CCCCCC(=O)On3c(O)ccc3O)c3ccc(S(=O)(=O)O)cc3C2(C)CCCS(=O)(=O)O)N(C(C)(C)CCOC(C)(C)C)c2ccc(S(=O)(=O)OC)cc21. The summed E-state index contributed by atoms with van der Waals surface area (Å²) in [6.07, 6.45) is 11.2. The number of rotatable bonds is 26. The molecule has 3 aromatic rings. The summed E-state index contributed by atoms with van der Waals surface area (Å²) in [5, 5.41) is 19.7. The molecule has 74 heavy (non-hydrogen) atoms. The highest BCUT2D eigenvalue weighted by molar-refractivity contribution is 7.87. The molecule has 0 amide bonds. The lowest BCUT2D eigenvalue weighted by atomic mass is 9.76. The highest BCUT2D eigenvalue weighted by Gasteiger charge is 2.50. The van der Waals surface area contributed by atoms with Crippen molar-refractivity contribution >= 4 is 63.5 Å². The number of hydrogen-bond acceptors (Lipinski definition) is 16. The van der Waals surface area contributed by atoms with Crippen LogP contribution in [0.4, 0.5) is 11.4 Å². The van der Waals surface area contributed by atoms with Crippen LogP contribution in [-0.2, 0) is 69.2 Å². The number of carbonyl (C=O) groups excluding carboxylic acids is 1. The molecule has 0 saturated heterocycles. The zero-order valence-corrected chi connectivity index (χ0v) is 46.5. The molecule has 4 N–H and O–H groups in total. The second-order valence-corrected chi connectivity index (χ2v) is 26.9. The van der Waals surface area contributed by atoms with Crippen LogP contribution in [0.15, 0.2) is 94.4 Å². The number of carbonyl (C=O) groups is 1. The molecule has 0 fully saturated rings. The molecule has 1 aromatic heterocycles. The van der Waals surface area contributed by atoms with E-state index in [1.807, 2.05) is 59.1 Å². The molecule has 410 valence electrons. The van der Waals surface area contributed by atoms with Crippen LogP contribution in [0, 0.1) is 0 Å². The summed E-state index contributed by atoms with van der Waals surface area (Å²) < 4.78 is 139. The maximum atomic E-state index is 13.1. The smallest absolute Gasteiger partial charge is 0.333 e. The van der Waals surface area contributed by atoms with Crippen molar-refractivity contribution in [3.63, 3.8) is 0 Å². The summed E-state index contributed by atoms with van der Waals surface area (Å²) >= 11 is 0. The molecular formula is C50H70N3O17S4+. The van der Waals surface area contributed by atoms with E-state index in [1.54, 1.807) is 42.5 Å². The maximum Gasteiger partial charge on any atom is 0.333 e. The van der Waals surface area contributed by atoms with Gasteiger partial charge in [-0.25, -0.2) is 4.79 Å². The summed E-state index contributed by atoms with van der Waals surface area (Å²) in [6.45, 7) is 14.4. The molecule has 2 aromatic carbocycles. The molecule has 0 saturated carbocycles. The number of nitrogens with zero attached hydrogens (tertiary/aromatic N) is 3. The molecule has 2 unspecified atom stereocenters. The summed E-state index contributed by atoms with van der Waals surface area (Å²) in [7, 11) is -14.9. The predicted octanol–water partition coefficient (Wildman–Crippen LogP) is 7.24.